The minimum absolute atomic E-state index is 0.134. The molecule has 0 saturated carbocycles. The van der Waals surface area contributed by atoms with E-state index < -0.39 is 17.9 Å². The first-order valence-electron chi connectivity index (χ1n) is 10.1. The molecule has 0 unspecified atom stereocenters. The van der Waals surface area contributed by atoms with Crippen molar-refractivity contribution in [3.63, 3.8) is 0 Å². The van der Waals surface area contributed by atoms with Gasteiger partial charge in [-0.3, -0.25) is 14.4 Å². The number of hydrogen-bond acceptors (Lipinski definition) is 10. The van der Waals surface area contributed by atoms with Crippen molar-refractivity contribution in [3.8, 4) is 0 Å². The minimum Gasteiger partial charge on any atom is -0.443 e. The second-order valence-corrected chi connectivity index (χ2v) is 10.2. The summed E-state index contributed by atoms with van der Waals surface area (Å²) >= 11 is 4.26. The highest BCUT2D eigenvalue weighted by Crippen LogP contribution is 2.25. The van der Waals surface area contributed by atoms with Crippen LogP contribution in [0.5, 0.6) is 0 Å². The lowest BCUT2D eigenvalue weighted by molar-refractivity contribution is 0.0926. The molecule has 0 radical (unpaired) electrons. The third-order valence-corrected chi connectivity index (χ3v) is 7.35. The predicted molar refractivity (Wildman–Crippen MR) is 126 cm³/mol. The summed E-state index contributed by atoms with van der Waals surface area (Å²) in [6.07, 6.45) is 2.64. The third-order valence-electron chi connectivity index (χ3n) is 4.90. The van der Waals surface area contributed by atoms with Crippen molar-refractivity contribution in [1.82, 2.24) is 30.9 Å². The standard InChI is InChI=1S/C20H22N6O4S3/c1-9-19-26-15(10(2)30-19)18(29)21-6-14-23-12(7-32-14)17(28)24-11(4-5-31-3)20-25-13(8-33-20)16(27)22-9/h7-9,11H,4-6H2,1-3H3,(H,21,29)(H,22,27)(H,24,28)/t9-,11-/m0/s1. The molecule has 3 aromatic heterocycles. The van der Waals surface area contributed by atoms with Crippen LogP contribution in [-0.4, -0.2) is 44.7 Å². The molecule has 6 bridgehead atoms. The number of carbonyl (C=O) groups excluding carboxylic acids is 3. The molecule has 3 N–H and O–H groups in total. The maximum atomic E-state index is 12.8. The smallest absolute Gasteiger partial charge is 0.273 e. The first-order valence-corrected chi connectivity index (χ1v) is 13.3. The molecule has 3 amide bonds. The van der Waals surface area contributed by atoms with Crippen molar-refractivity contribution in [3.05, 3.63) is 49.5 Å². The van der Waals surface area contributed by atoms with Gasteiger partial charge in [-0.15, -0.1) is 22.7 Å². The van der Waals surface area contributed by atoms with Crippen molar-refractivity contribution in [2.24, 2.45) is 0 Å². The van der Waals surface area contributed by atoms with E-state index in [-0.39, 0.29) is 41.5 Å². The zero-order valence-electron chi connectivity index (χ0n) is 18.1. The molecule has 4 heterocycles. The molecular weight excluding hydrogens is 484 g/mol. The van der Waals surface area contributed by atoms with Crippen molar-refractivity contribution in [2.45, 2.75) is 38.9 Å². The van der Waals surface area contributed by atoms with Gasteiger partial charge in [-0.25, -0.2) is 15.0 Å². The van der Waals surface area contributed by atoms with Crippen LogP contribution in [0, 0.1) is 6.92 Å². The van der Waals surface area contributed by atoms with Crippen LogP contribution >= 0.6 is 34.4 Å². The third kappa shape index (κ3) is 5.25. The van der Waals surface area contributed by atoms with E-state index in [9.17, 15) is 14.4 Å². The first kappa shape index (κ1) is 23.4. The predicted octanol–water partition coefficient (Wildman–Crippen LogP) is 2.85. The second kappa shape index (κ2) is 10.0. The molecular formula is C20H22N6O4S3. The highest BCUT2D eigenvalue weighted by molar-refractivity contribution is 7.98. The van der Waals surface area contributed by atoms with E-state index in [2.05, 4.69) is 30.9 Å². The molecule has 0 spiro atoms. The van der Waals surface area contributed by atoms with Gasteiger partial charge < -0.3 is 20.4 Å². The van der Waals surface area contributed by atoms with E-state index in [0.717, 1.165) is 5.75 Å². The van der Waals surface area contributed by atoms with Gasteiger partial charge in [-0.05, 0) is 32.3 Å². The van der Waals surface area contributed by atoms with Gasteiger partial charge in [0.25, 0.3) is 17.7 Å². The number of oxazole rings is 1. The number of thioether (sulfide) groups is 1. The number of aryl methyl sites for hydroxylation is 1. The monoisotopic (exact) mass is 506 g/mol. The Morgan fingerprint density at radius 3 is 2.58 bits per heavy atom. The zero-order valence-corrected chi connectivity index (χ0v) is 20.6. The van der Waals surface area contributed by atoms with Gasteiger partial charge in [0.1, 0.15) is 33.2 Å². The van der Waals surface area contributed by atoms with Crippen molar-refractivity contribution in [1.29, 1.82) is 0 Å². The Morgan fingerprint density at radius 2 is 1.79 bits per heavy atom. The van der Waals surface area contributed by atoms with Gasteiger partial charge in [-0.1, -0.05) is 0 Å². The van der Waals surface area contributed by atoms with Crippen LogP contribution in [0.1, 0.15) is 78.6 Å². The molecule has 4 rings (SSSR count). The van der Waals surface area contributed by atoms with E-state index in [1.54, 1.807) is 36.4 Å². The van der Waals surface area contributed by atoms with Crippen LogP contribution in [-0.2, 0) is 6.54 Å². The van der Waals surface area contributed by atoms with E-state index >= 15 is 0 Å². The summed E-state index contributed by atoms with van der Waals surface area (Å²) in [5, 5.41) is 13.1. The Labute approximate surface area is 202 Å². The van der Waals surface area contributed by atoms with Gasteiger partial charge in [0.2, 0.25) is 5.89 Å². The Kier molecular flexibility index (Phi) is 7.10. The summed E-state index contributed by atoms with van der Waals surface area (Å²) in [5.74, 6) is 0.223. The molecule has 0 aromatic carbocycles. The highest BCUT2D eigenvalue weighted by Gasteiger charge is 2.25. The Bertz CT molecular complexity index is 1190. The summed E-state index contributed by atoms with van der Waals surface area (Å²) in [5.41, 5.74) is 0.639. The maximum Gasteiger partial charge on any atom is 0.273 e. The van der Waals surface area contributed by atoms with E-state index in [0.29, 0.717) is 22.2 Å². The largest absolute Gasteiger partial charge is 0.443 e. The number of carbonyl (C=O) groups is 3. The molecule has 0 aliphatic carbocycles. The van der Waals surface area contributed by atoms with Gasteiger partial charge in [0.15, 0.2) is 5.69 Å². The number of aromatic nitrogens is 3. The number of fused-ring (bicyclic) bond motifs is 6. The fourth-order valence-corrected chi connectivity index (χ4v) is 5.23. The number of nitrogens with one attached hydrogen (secondary N) is 3. The van der Waals surface area contributed by atoms with Gasteiger partial charge >= 0.3 is 0 Å². The molecule has 1 aliphatic rings. The average molecular weight is 507 g/mol. The molecule has 3 aromatic rings. The summed E-state index contributed by atoms with van der Waals surface area (Å²) in [6, 6.07) is -0.926. The Morgan fingerprint density at radius 1 is 1.06 bits per heavy atom. The molecule has 0 saturated heterocycles. The Balaban J connectivity index is 1.68. The zero-order chi connectivity index (χ0) is 23.5. The maximum absolute atomic E-state index is 12.8. The SMILES string of the molecule is CSCC[C@@H]1NC(=O)c2csc(n2)CNC(=O)c2nc(oc2C)[C@H](C)NC(=O)c2csc1n2. The lowest BCUT2D eigenvalue weighted by Crippen LogP contribution is -2.30. The van der Waals surface area contributed by atoms with Crippen LogP contribution < -0.4 is 16.0 Å². The summed E-state index contributed by atoms with van der Waals surface area (Å²) in [6.45, 7) is 3.50. The van der Waals surface area contributed by atoms with Gasteiger partial charge in [0.05, 0.1) is 12.6 Å². The fourth-order valence-electron chi connectivity index (χ4n) is 3.16. The molecule has 0 fully saturated rings. The normalized spacial score (nSPS) is 19.3. The number of amides is 3. The fraction of sp³-hybridized carbons (Fsp3) is 0.400. The quantitative estimate of drug-likeness (QED) is 0.493. The van der Waals surface area contributed by atoms with Crippen LogP contribution in [0.2, 0.25) is 0 Å². The topological polar surface area (TPSA) is 139 Å². The lowest BCUT2D eigenvalue weighted by Gasteiger charge is -2.15. The summed E-state index contributed by atoms with van der Waals surface area (Å²) in [7, 11) is 0. The molecule has 2 atom stereocenters. The number of hydrogen-bond donors (Lipinski definition) is 3. The van der Waals surface area contributed by atoms with Crippen molar-refractivity contribution in [2.75, 3.05) is 12.0 Å². The number of rotatable bonds is 3. The highest BCUT2D eigenvalue weighted by atomic mass is 32.2. The molecule has 174 valence electrons. The first-order chi connectivity index (χ1) is 15.9. The number of thiazole rings is 2. The minimum atomic E-state index is -0.574. The van der Waals surface area contributed by atoms with Crippen LogP contribution in [0.25, 0.3) is 0 Å². The summed E-state index contributed by atoms with van der Waals surface area (Å²) in [4.78, 5) is 51.3. The molecule has 10 nitrogen and oxygen atoms in total. The van der Waals surface area contributed by atoms with Gasteiger partial charge in [-0.2, -0.15) is 11.8 Å². The van der Waals surface area contributed by atoms with Crippen LogP contribution in [0.4, 0.5) is 0 Å². The second-order valence-electron chi connectivity index (χ2n) is 7.34. The molecule has 1 aliphatic heterocycles. The molecule has 33 heavy (non-hydrogen) atoms. The Hall–Kier alpha value is -2.77. The van der Waals surface area contributed by atoms with E-state index in [1.165, 1.54) is 22.7 Å². The van der Waals surface area contributed by atoms with Crippen molar-refractivity contribution >= 4 is 52.2 Å². The van der Waals surface area contributed by atoms with E-state index in [1.807, 2.05) is 6.26 Å². The molecule has 13 heteroatoms. The summed E-state index contributed by atoms with van der Waals surface area (Å²) < 4.78 is 5.63. The van der Waals surface area contributed by atoms with Crippen LogP contribution in [0.15, 0.2) is 15.2 Å². The number of nitrogens with zero attached hydrogens (tertiary/aromatic N) is 3. The van der Waals surface area contributed by atoms with Crippen molar-refractivity contribution < 1.29 is 18.8 Å². The van der Waals surface area contributed by atoms with E-state index in [4.69, 9.17) is 4.42 Å². The van der Waals surface area contributed by atoms with Crippen LogP contribution in [0.3, 0.4) is 0 Å². The van der Waals surface area contributed by atoms with Gasteiger partial charge in [0, 0.05) is 10.8 Å². The average Bonchev–Trinajstić information content (AvgIpc) is 3.53. The lowest BCUT2D eigenvalue weighted by atomic mass is 10.2.